The van der Waals surface area contributed by atoms with Crippen molar-refractivity contribution in [2.45, 2.75) is 12.8 Å². The normalized spacial score (nSPS) is 12.9. The van der Waals surface area contributed by atoms with E-state index in [2.05, 4.69) is 20.9 Å². The number of nitrogens with two attached hydrogens (primary N) is 1. The summed E-state index contributed by atoms with van der Waals surface area (Å²) in [7, 11) is 0. The molecule has 0 unspecified atom stereocenters. The van der Waals surface area contributed by atoms with E-state index in [9.17, 15) is 4.79 Å². The van der Waals surface area contributed by atoms with Crippen LogP contribution < -0.4 is 10.6 Å². The molecule has 1 aromatic carbocycles. The van der Waals surface area contributed by atoms with Crippen molar-refractivity contribution in [2.75, 3.05) is 11.4 Å². The minimum Gasteiger partial charge on any atom is -0.366 e. The molecule has 0 saturated heterocycles. The van der Waals surface area contributed by atoms with Gasteiger partial charge in [0.25, 0.3) is 0 Å². The number of halogens is 1. The van der Waals surface area contributed by atoms with Crippen LogP contribution in [0.5, 0.6) is 0 Å². The number of hydrogen-bond donors (Lipinski definition) is 1. The average Bonchev–Trinajstić information content (AvgIpc) is 3.06. The van der Waals surface area contributed by atoms with Gasteiger partial charge in [-0.15, -0.1) is 0 Å². The molecule has 0 bridgehead atoms. The van der Waals surface area contributed by atoms with Crippen molar-refractivity contribution in [1.82, 2.24) is 9.97 Å². The van der Waals surface area contributed by atoms with Gasteiger partial charge >= 0.3 is 0 Å². The minimum absolute atomic E-state index is 0.390. The summed E-state index contributed by atoms with van der Waals surface area (Å²) in [6, 6.07) is 11.6. The Labute approximate surface area is 156 Å². The Hall–Kier alpha value is -2.92. The largest absolute Gasteiger partial charge is 0.366 e. The molecule has 2 N–H and O–H groups in total. The van der Waals surface area contributed by atoms with Gasteiger partial charge in [-0.1, -0.05) is 17.7 Å². The molecule has 6 heteroatoms. The van der Waals surface area contributed by atoms with Crippen molar-refractivity contribution in [3.63, 3.8) is 0 Å². The number of carbonyl (C=O) groups excluding carboxylic acids is 1. The van der Waals surface area contributed by atoms with Crippen LogP contribution in [-0.4, -0.2) is 22.4 Å². The van der Waals surface area contributed by atoms with E-state index in [1.165, 1.54) is 0 Å². The van der Waals surface area contributed by atoms with Gasteiger partial charge in [0.1, 0.15) is 5.82 Å². The summed E-state index contributed by atoms with van der Waals surface area (Å²) in [6.45, 7) is 0.773. The molecule has 1 aliphatic rings. The average molecular weight is 365 g/mol. The number of anilines is 2. The van der Waals surface area contributed by atoms with Gasteiger partial charge in [-0.25, -0.2) is 4.98 Å². The molecule has 3 heterocycles. The van der Waals surface area contributed by atoms with Gasteiger partial charge in [-0.3, -0.25) is 9.78 Å². The number of benzene rings is 1. The van der Waals surface area contributed by atoms with Crippen molar-refractivity contribution in [3.05, 3.63) is 82.3 Å². The minimum atomic E-state index is -0.390. The molecule has 0 fully saturated rings. The molecule has 4 rings (SSSR count). The zero-order valence-electron chi connectivity index (χ0n) is 14.0. The maximum absolute atomic E-state index is 11.7. The smallest absolute Gasteiger partial charge is 0.249 e. The molecule has 0 spiro atoms. The molecular weight excluding hydrogens is 348 g/mol. The lowest BCUT2D eigenvalue weighted by Crippen LogP contribution is -2.15. The summed E-state index contributed by atoms with van der Waals surface area (Å²) < 4.78 is 0. The number of fused-ring (bicyclic) bond motifs is 1. The predicted molar refractivity (Wildman–Crippen MR) is 102 cm³/mol. The van der Waals surface area contributed by atoms with Crippen LogP contribution in [0.15, 0.2) is 55.0 Å². The van der Waals surface area contributed by atoms with Crippen LogP contribution in [0.4, 0.5) is 11.5 Å². The first-order valence-electron chi connectivity index (χ1n) is 8.35. The van der Waals surface area contributed by atoms with Crippen molar-refractivity contribution < 1.29 is 4.79 Å². The van der Waals surface area contributed by atoms with Crippen molar-refractivity contribution >= 4 is 29.0 Å². The first-order valence-corrected chi connectivity index (χ1v) is 8.73. The summed E-state index contributed by atoms with van der Waals surface area (Å²) in [5.74, 6) is 0.469. The van der Waals surface area contributed by atoms with E-state index in [0.717, 1.165) is 47.6 Å². The van der Waals surface area contributed by atoms with E-state index in [4.69, 9.17) is 17.3 Å². The van der Waals surface area contributed by atoms with E-state index >= 15 is 0 Å². The third-order valence-corrected chi connectivity index (χ3v) is 4.76. The van der Waals surface area contributed by atoms with Gasteiger partial charge in [-0.2, -0.15) is 0 Å². The molecule has 0 aliphatic carbocycles. The third kappa shape index (κ3) is 3.13. The van der Waals surface area contributed by atoms with Crippen LogP contribution in [0.25, 0.3) is 0 Å². The number of primary amides is 1. The number of carbonyl (C=O) groups is 1. The second-order valence-corrected chi connectivity index (χ2v) is 6.72. The summed E-state index contributed by atoms with van der Waals surface area (Å²) in [6.07, 6.45) is 6.75. The van der Waals surface area contributed by atoms with E-state index < -0.39 is 0 Å². The first kappa shape index (κ1) is 16.5. The van der Waals surface area contributed by atoms with Crippen LogP contribution in [0, 0.1) is 0 Å². The SMILES string of the molecule is NC(=O)c1cccc2c1CCN2c1cc(Cc2cncc(Cl)c2)ccn1. The topological polar surface area (TPSA) is 72.1 Å². The molecule has 5 nitrogen and oxygen atoms in total. The Morgan fingerprint density at radius 1 is 1.19 bits per heavy atom. The summed E-state index contributed by atoms with van der Waals surface area (Å²) >= 11 is 6.02. The quantitative estimate of drug-likeness (QED) is 0.768. The van der Waals surface area contributed by atoms with E-state index in [0.29, 0.717) is 10.6 Å². The highest BCUT2D eigenvalue weighted by Gasteiger charge is 2.25. The van der Waals surface area contributed by atoms with Crippen molar-refractivity contribution in [2.24, 2.45) is 5.73 Å². The summed E-state index contributed by atoms with van der Waals surface area (Å²) in [4.78, 5) is 22.4. The van der Waals surface area contributed by atoms with Crippen molar-refractivity contribution in [3.8, 4) is 0 Å². The number of hydrogen-bond acceptors (Lipinski definition) is 4. The zero-order valence-corrected chi connectivity index (χ0v) is 14.8. The lowest BCUT2D eigenvalue weighted by Gasteiger charge is -2.19. The maximum Gasteiger partial charge on any atom is 0.249 e. The number of amides is 1. The molecular formula is C20H17ClN4O. The molecule has 2 aromatic heterocycles. The Bertz CT molecular complexity index is 989. The van der Waals surface area contributed by atoms with Gasteiger partial charge in [0.15, 0.2) is 0 Å². The van der Waals surface area contributed by atoms with Crippen LogP contribution in [0.2, 0.25) is 5.02 Å². The Morgan fingerprint density at radius 3 is 2.88 bits per heavy atom. The Balaban J connectivity index is 1.65. The number of pyridine rings is 2. The molecule has 130 valence electrons. The first-order chi connectivity index (χ1) is 12.6. The Morgan fingerprint density at radius 2 is 2.08 bits per heavy atom. The van der Waals surface area contributed by atoms with Gasteiger partial charge in [-0.05, 0) is 59.9 Å². The van der Waals surface area contributed by atoms with Gasteiger partial charge in [0, 0.05) is 36.4 Å². The fourth-order valence-electron chi connectivity index (χ4n) is 3.41. The van der Waals surface area contributed by atoms with E-state index in [-0.39, 0.29) is 5.91 Å². The van der Waals surface area contributed by atoms with Gasteiger partial charge in [0.05, 0.1) is 5.02 Å². The lowest BCUT2D eigenvalue weighted by molar-refractivity contribution is 0.0999. The summed E-state index contributed by atoms with van der Waals surface area (Å²) in [5, 5.41) is 0.629. The highest BCUT2D eigenvalue weighted by atomic mass is 35.5. The molecule has 1 aliphatic heterocycles. The third-order valence-electron chi connectivity index (χ3n) is 4.55. The van der Waals surface area contributed by atoms with Crippen molar-refractivity contribution in [1.29, 1.82) is 0 Å². The molecule has 0 saturated carbocycles. The van der Waals surface area contributed by atoms with E-state index in [1.54, 1.807) is 18.5 Å². The highest BCUT2D eigenvalue weighted by molar-refractivity contribution is 6.30. The number of nitrogens with zero attached hydrogens (tertiary/aromatic N) is 3. The zero-order chi connectivity index (χ0) is 18.1. The van der Waals surface area contributed by atoms with E-state index in [1.807, 2.05) is 30.5 Å². The monoisotopic (exact) mass is 364 g/mol. The maximum atomic E-state index is 11.7. The molecule has 26 heavy (non-hydrogen) atoms. The second kappa shape index (κ2) is 6.77. The Kier molecular flexibility index (Phi) is 4.31. The molecule has 0 atom stereocenters. The van der Waals surface area contributed by atoms with Crippen LogP contribution >= 0.6 is 11.6 Å². The lowest BCUT2D eigenvalue weighted by atomic mass is 10.0. The number of rotatable bonds is 4. The fraction of sp³-hybridized carbons (Fsp3) is 0.150. The predicted octanol–water partition coefficient (Wildman–Crippen LogP) is 3.51. The number of aromatic nitrogens is 2. The van der Waals surface area contributed by atoms with Crippen LogP contribution in [0.3, 0.4) is 0 Å². The highest BCUT2D eigenvalue weighted by Crippen LogP contribution is 2.35. The van der Waals surface area contributed by atoms with Gasteiger partial charge < -0.3 is 10.6 Å². The summed E-state index contributed by atoms with van der Waals surface area (Å²) in [5.41, 5.74) is 10.3. The standard InChI is InChI=1S/C20H17ClN4O/c21-15-9-14(11-23-12-15)8-13-4-6-24-19(10-13)25-7-5-16-17(20(22)26)2-1-3-18(16)25/h1-4,6,9-12H,5,7-8H2,(H2,22,26). The molecule has 3 aromatic rings. The van der Waals surface area contributed by atoms with Crippen LogP contribution in [-0.2, 0) is 12.8 Å². The molecule has 1 amide bonds. The van der Waals surface area contributed by atoms with Crippen LogP contribution in [0.1, 0.15) is 27.0 Å². The second-order valence-electron chi connectivity index (χ2n) is 6.28. The fourth-order valence-corrected chi connectivity index (χ4v) is 3.61. The molecule has 0 radical (unpaired) electrons. The van der Waals surface area contributed by atoms with Gasteiger partial charge in [0.2, 0.25) is 5.91 Å².